The number of nitrogens with two attached hydrogens (primary N) is 1. The monoisotopic (exact) mass is 298 g/mol. The lowest BCUT2D eigenvalue weighted by molar-refractivity contribution is 0.100. The van der Waals surface area contributed by atoms with Crippen LogP contribution in [0.1, 0.15) is 16.8 Å². The number of aromatic nitrogens is 2. The van der Waals surface area contributed by atoms with E-state index in [0.717, 1.165) is 0 Å². The Balaban J connectivity index is 2.01. The molecule has 0 aliphatic carbocycles. The van der Waals surface area contributed by atoms with Crippen LogP contribution in [-0.2, 0) is 6.54 Å². The lowest BCUT2D eigenvalue weighted by Crippen LogP contribution is -2.15. The third kappa shape index (κ3) is 2.59. The average molecular weight is 298 g/mol. The Bertz CT molecular complexity index is 761. The molecule has 0 saturated carbocycles. The van der Waals surface area contributed by atoms with Crippen molar-refractivity contribution in [3.05, 3.63) is 30.0 Å². The molecule has 0 unspecified atom stereocenters. The summed E-state index contributed by atoms with van der Waals surface area (Å²) in [5, 5.41) is 13.0. The van der Waals surface area contributed by atoms with E-state index in [1.807, 2.05) is 6.07 Å². The van der Waals surface area contributed by atoms with E-state index in [1.165, 1.54) is 0 Å². The van der Waals surface area contributed by atoms with Crippen LogP contribution in [0.3, 0.4) is 0 Å². The number of nitriles is 1. The van der Waals surface area contributed by atoms with Gasteiger partial charge in [0.25, 0.3) is 5.91 Å². The third-order valence-electron chi connectivity index (χ3n) is 3.30. The van der Waals surface area contributed by atoms with Crippen LogP contribution in [0.15, 0.2) is 24.4 Å². The fourth-order valence-corrected chi connectivity index (χ4v) is 2.28. The Morgan fingerprint density at radius 3 is 2.86 bits per heavy atom. The van der Waals surface area contributed by atoms with Crippen molar-refractivity contribution in [3.8, 4) is 28.8 Å². The molecule has 0 bridgehead atoms. The number of hydrogen-bond acceptors (Lipinski definition) is 5. The fourth-order valence-electron chi connectivity index (χ4n) is 2.28. The largest absolute Gasteiger partial charge is 0.486 e. The van der Waals surface area contributed by atoms with Gasteiger partial charge in [-0.15, -0.1) is 0 Å². The van der Waals surface area contributed by atoms with Crippen molar-refractivity contribution in [3.63, 3.8) is 0 Å². The van der Waals surface area contributed by atoms with Crippen molar-refractivity contribution >= 4 is 5.91 Å². The molecule has 0 atom stereocenters. The summed E-state index contributed by atoms with van der Waals surface area (Å²) in [6.45, 7) is 1.40. The first-order chi connectivity index (χ1) is 10.7. The lowest BCUT2D eigenvalue weighted by Gasteiger charge is -2.18. The fraction of sp³-hybridized carbons (Fsp3) is 0.267. The smallest absolute Gasteiger partial charge is 0.252 e. The molecule has 7 heteroatoms. The van der Waals surface area contributed by atoms with E-state index in [0.29, 0.717) is 54.5 Å². The molecule has 0 fully saturated rings. The first-order valence-corrected chi connectivity index (χ1v) is 6.83. The number of ether oxygens (including phenoxy) is 2. The quantitative estimate of drug-likeness (QED) is 0.917. The molecule has 7 nitrogen and oxygen atoms in total. The van der Waals surface area contributed by atoms with Gasteiger partial charge in [0.15, 0.2) is 11.5 Å². The van der Waals surface area contributed by atoms with Gasteiger partial charge in [-0.05, 0) is 18.2 Å². The first kappa shape index (κ1) is 13.9. The highest BCUT2D eigenvalue weighted by atomic mass is 16.6. The Kier molecular flexibility index (Phi) is 3.66. The molecule has 2 N–H and O–H groups in total. The molecular formula is C15H14N4O3. The number of amides is 1. The first-order valence-electron chi connectivity index (χ1n) is 6.83. The van der Waals surface area contributed by atoms with Crippen LogP contribution in [0.25, 0.3) is 11.3 Å². The van der Waals surface area contributed by atoms with E-state index in [1.54, 1.807) is 29.1 Å². The van der Waals surface area contributed by atoms with Crippen LogP contribution in [0.2, 0.25) is 0 Å². The van der Waals surface area contributed by atoms with Gasteiger partial charge >= 0.3 is 0 Å². The maximum Gasteiger partial charge on any atom is 0.252 e. The lowest BCUT2D eigenvalue weighted by atomic mass is 10.1. The molecule has 1 aromatic heterocycles. The third-order valence-corrected chi connectivity index (χ3v) is 3.30. The maximum atomic E-state index is 11.6. The number of primary amides is 1. The zero-order valence-corrected chi connectivity index (χ0v) is 11.8. The molecular weight excluding hydrogens is 284 g/mol. The highest BCUT2D eigenvalue weighted by molar-refractivity contribution is 5.98. The van der Waals surface area contributed by atoms with Gasteiger partial charge in [0.05, 0.1) is 24.6 Å². The van der Waals surface area contributed by atoms with Gasteiger partial charge in [-0.1, -0.05) is 0 Å². The molecule has 0 saturated heterocycles. The summed E-state index contributed by atoms with van der Waals surface area (Å²) in [7, 11) is 0. The van der Waals surface area contributed by atoms with Crippen LogP contribution in [0, 0.1) is 11.3 Å². The zero-order chi connectivity index (χ0) is 15.5. The van der Waals surface area contributed by atoms with Gasteiger partial charge in [-0.25, -0.2) is 0 Å². The normalized spacial score (nSPS) is 12.7. The minimum absolute atomic E-state index is 0.306. The number of nitrogens with zero attached hydrogens (tertiary/aromatic N) is 3. The van der Waals surface area contributed by atoms with E-state index in [2.05, 4.69) is 5.10 Å². The van der Waals surface area contributed by atoms with Crippen LogP contribution < -0.4 is 15.2 Å². The van der Waals surface area contributed by atoms with Crippen LogP contribution in [0.4, 0.5) is 0 Å². The van der Waals surface area contributed by atoms with Crippen molar-refractivity contribution < 1.29 is 14.3 Å². The number of hydrogen-bond donors (Lipinski definition) is 1. The van der Waals surface area contributed by atoms with E-state index in [9.17, 15) is 4.79 Å². The SMILES string of the molecule is N#CCCn1cc(C(N)=O)c(-c2ccc3c(c2)OCCO3)n1. The second kappa shape index (κ2) is 5.77. The number of rotatable bonds is 4. The van der Waals surface area contributed by atoms with Crippen LogP contribution in [0.5, 0.6) is 11.5 Å². The molecule has 22 heavy (non-hydrogen) atoms. The van der Waals surface area contributed by atoms with Crippen molar-refractivity contribution in [2.45, 2.75) is 13.0 Å². The molecule has 0 radical (unpaired) electrons. The number of aryl methyl sites for hydroxylation is 1. The highest BCUT2D eigenvalue weighted by Crippen LogP contribution is 2.35. The molecule has 1 amide bonds. The predicted molar refractivity (Wildman–Crippen MR) is 77.4 cm³/mol. The Labute approximate surface area is 126 Å². The summed E-state index contributed by atoms with van der Waals surface area (Å²) >= 11 is 0. The van der Waals surface area contributed by atoms with Crippen LogP contribution >= 0.6 is 0 Å². The van der Waals surface area contributed by atoms with E-state index < -0.39 is 5.91 Å². The molecule has 112 valence electrons. The standard InChI is InChI=1S/C15H14N4O3/c16-4-1-5-19-9-11(15(17)20)14(18-19)10-2-3-12-13(8-10)22-7-6-21-12/h2-3,8-9H,1,5-7H2,(H2,17,20). The summed E-state index contributed by atoms with van der Waals surface area (Å²) in [6, 6.07) is 7.40. The Morgan fingerprint density at radius 2 is 2.14 bits per heavy atom. The van der Waals surface area contributed by atoms with Crippen LogP contribution in [-0.4, -0.2) is 28.9 Å². The van der Waals surface area contributed by atoms with Gasteiger partial charge in [0, 0.05) is 11.8 Å². The van der Waals surface area contributed by atoms with Crippen molar-refractivity contribution in [2.75, 3.05) is 13.2 Å². The molecule has 1 aromatic carbocycles. The van der Waals surface area contributed by atoms with Crippen molar-refractivity contribution in [1.82, 2.24) is 9.78 Å². The molecule has 0 spiro atoms. The predicted octanol–water partition coefficient (Wildman–Crippen LogP) is 1.33. The summed E-state index contributed by atoms with van der Waals surface area (Å²) in [6.07, 6.45) is 1.87. The number of carbonyl (C=O) groups is 1. The molecule has 2 heterocycles. The Hall–Kier alpha value is -3.01. The number of fused-ring (bicyclic) bond motifs is 1. The second-order valence-corrected chi connectivity index (χ2v) is 4.79. The van der Waals surface area contributed by atoms with Crippen molar-refractivity contribution in [2.24, 2.45) is 5.73 Å². The van der Waals surface area contributed by atoms with E-state index >= 15 is 0 Å². The summed E-state index contributed by atoms with van der Waals surface area (Å²) in [5.74, 6) is 0.721. The highest BCUT2D eigenvalue weighted by Gasteiger charge is 2.19. The number of benzene rings is 1. The summed E-state index contributed by atoms with van der Waals surface area (Å²) in [5.41, 5.74) is 6.92. The van der Waals surface area contributed by atoms with Crippen molar-refractivity contribution in [1.29, 1.82) is 5.26 Å². The van der Waals surface area contributed by atoms with Gasteiger partial charge in [-0.2, -0.15) is 10.4 Å². The molecule has 1 aliphatic rings. The minimum Gasteiger partial charge on any atom is -0.486 e. The van der Waals surface area contributed by atoms with Gasteiger partial charge in [-0.3, -0.25) is 9.48 Å². The summed E-state index contributed by atoms with van der Waals surface area (Å²) < 4.78 is 12.6. The average Bonchev–Trinajstić information content (AvgIpc) is 2.97. The molecule has 1 aliphatic heterocycles. The zero-order valence-electron chi connectivity index (χ0n) is 11.8. The Morgan fingerprint density at radius 1 is 1.36 bits per heavy atom. The second-order valence-electron chi connectivity index (χ2n) is 4.79. The molecule has 3 rings (SSSR count). The van der Waals surface area contributed by atoms with E-state index in [4.69, 9.17) is 20.5 Å². The van der Waals surface area contributed by atoms with E-state index in [-0.39, 0.29) is 0 Å². The summed E-state index contributed by atoms with van der Waals surface area (Å²) in [4.78, 5) is 11.6. The minimum atomic E-state index is -0.562. The number of carbonyl (C=O) groups excluding carboxylic acids is 1. The van der Waals surface area contributed by atoms with Gasteiger partial charge in [0.2, 0.25) is 0 Å². The molecule has 2 aromatic rings. The topological polar surface area (TPSA) is 103 Å². The van der Waals surface area contributed by atoms with Gasteiger partial charge in [0.1, 0.15) is 18.9 Å². The maximum absolute atomic E-state index is 11.6. The van der Waals surface area contributed by atoms with Gasteiger partial charge < -0.3 is 15.2 Å².